The maximum absolute atomic E-state index is 12.0. The monoisotopic (exact) mass is 333 g/mol. The molecule has 0 saturated heterocycles. The van der Waals surface area contributed by atoms with Gasteiger partial charge in [-0.2, -0.15) is 4.37 Å². The molecule has 1 heterocycles. The molecule has 7 nitrogen and oxygen atoms in total. The number of ether oxygens (including phenoxy) is 1. The van der Waals surface area contributed by atoms with Crippen LogP contribution in [0.25, 0.3) is 0 Å². The highest BCUT2D eigenvalue weighted by atomic mass is 32.2. The molecule has 0 bridgehead atoms. The Hall–Kier alpha value is -1.19. The van der Waals surface area contributed by atoms with E-state index < -0.39 is 10.0 Å². The molecule has 1 amide bonds. The van der Waals surface area contributed by atoms with Crippen molar-refractivity contribution in [2.45, 2.75) is 42.4 Å². The van der Waals surface area contributed by atoms with Crippen molar-refractivity contribution in [3.8, 4) is 5.88 Å². The number of aromatic nitrogens is 1. The Labute approximate surface area is 128 Å². The number of nitrogens with zero attached hydrogens (tertiary/aromatic N) is 1. The van der Waals surface area contributed by atoms with E-state index in [4.69, 9.17) is 4.74 Å². The topological polar surface area (TPSA) is 97.4 Å². The fraction of sp³-hybridized carbons (Fsp3) is 0.667. The number of nitrogens with one attached hydrogen (secondary N) is 2. The molecule has 2 rings (SSSR count). The summed E-state index contributed by atoms with van der Waals surface area (Å²) in [5, 5.41) is 2.86. The first-order valence-electron chi connectivity index (χ1n) is 6.81. The molecule has 0 atom stereocenters. The van der Waals surface area contributed by atoms with Gasteiger partial charge in [0.1, 0.15) is 0 Å². The van der Waals surface area contributed by atoms with E-state index in [1.807, 2.05) is 0 Å². The minimum Gasteiger partial charge on any atom is -0.480 e. The lowest BCUT2D eigenvalue weighted by molar-refractivity contribution is -0.120. The number of carbonyl (C=O) groups is 1. The molecular weight excluding hydrogens is 314 g/mol. The molecule has 9 heteroatoms. The smallest absolute Gasteiger partial charge is 0.252 e. The second-order valence-corrected chi connectivity index (χ2v) is 7.71. The second-order valence-electron chi connectivity index (χ2n) is 4.92. The van der Waals surface area contributed by atoms with Crippen LogP contribution in [0.4, 0.5) is 0 Å². The highest BCUT2D eigenvalue weighted by Gasteiger charge is 2.21. The summed E-state index contributed by atoms with van der Waals surface area (Å²) < 4.78 is 34.9. The van der Waals surface area contributed by atoms with Gasteiger partial charge in [-0.1, -0.05) is 19.3 Å². The van der Waals surface area contributed by atoms with Crippen LogP contribution in [0, 0.1) is 0 Å². The quantitative estimate of drug-likeness (QED) is 0.805. The molecule has 118 valence electrons. The molecule has 0 radical (unpaired) electrons. The Morgan fingerprint density at radius 3 is 2.76 bits per heavy atom. The number of amides is 1. The van der Waals surface area contributed by atoms with Crippen LogP contribution in [0.2, 0.25) is 0 Å². The van der Waals surface area contributed by atoms with Crippen LogP contribution < -0.4 is 14.8 Å². The minimum absolute atomic E-state index is 0.0322. The summed E-state index contributed by atoms with van der Waals surface area (Å²) >= 11 is 0.811. The number of carbonyl (C=O) groups excluding carboxylic acids is 1. The van der Waals surface area contributed by atoms with E-state index in [0.29, 0.717) is 0 Å². The van der Waals surface area contributed by atoms with Crippen LogP contribution in [-0.4, -0.2) is 38.4 Å². The predicted molar refractivity (Wildman–Crippen MR) is 78.9 cm³/mol. The second kappa shape index (κ2) is 7.19. The van der Waals surface area contributed by atoms with Crippen molar-refractivity contribution in [1.29, 1.82) is 0 Å². The van der Waals surface area contributed by atoms with Gasteiger partial charge in [-0.15, -0.1) is 0 Å². The first-order chi connectivity index (χ1) is 10.0. The number of methoxy groups -OCH3 is 1. The van der Waals surface area contributed by atoms with Crippen molar-refractivity contribution < 1.29 is 17.9 Å². The van der Waals surface area contributed by atoms with Gasteiger partial charge in [-0.05, 0) is 24.4 Å². The molecule has 1 aromatic rings. The van der Waals surface area contributed by atoms with E-state index in [2.05, 4.69) is 14.4 Å². The number of hydrogen-bond donors (Lipinski definition) is 2. The number of rotatable bonds is 6. The molecule has 0 unspecified atom stereocenters. The maximum Gasteiger partial charge on any atom is 0.252 e. The van der Waals surface area contributed by atoms with Gasteiger partial charge in [0.2, 0.25) is 11.8 Å². The zero-order chi connectivity index (χ0) is 15.3. The van der Waals surface area contributed by atoms with Crippen molar-refractivity contribution in [1.82, 2.24) is 14.4 Å². The highest BCUT2D eigenvalue weighted by Crippen LogP contribution is 2.21. The Morgan fingerprint density at radius 1 is 1.43 bits per heavy atom. The third-order valence-electron chi connectivity index (χ3n) is 3.33. The molecule has 1 aliphatic rings. The molecule has 1 aromatic heterocycles. The molecule has 1 aliphatic carbocycles. The fourth-order valence-electron chi connectivity index (χ4n) is 2.22. The van der Waals surface area contributed by atoms with Crippen molar-refractivity contribution in [2.24, 2.45) is 0 Å². The van der Waals surface area contributed by atoms with E-state index in [1.54, 1.807) is 0 Å². The average Bonchev–Trinajstić information content (AvgIpc) is 2.96. The van der Waals surface area contributed by atoms with Gasteiger partial charge in [0.05, 0.1) is 13.7 Å². The molecule has 2 N–H and O–H groups in total. The van der Waals surface area contributed by atoms with Gasteiger partial charge < -0.3 is 10.1 Å². The third kappa shape index (κ3) is 4.65. The minimum atomic E-state index is -3.72. The standard InChI is InChI=1S/C12H19N3O4S2/c1-19-11-7-12(20-15-11)21(17,18)13-8-10(16)14-9-5-3-2-4-6-9/h7,9,13H,2-6,8H2,1H3,(H,14,16). The SMILES string of the molecule is COc1cc(S(=O)(=O)NCC(=O)NC2CCCCC2)sn1. The zero-order valence-electron chi connectivity index (χ0n) is 11.8. The van der Waals surface area contributed by atoms with Crippen LogP contribution in [0.5, 0.6) is 5.88 Å². The van der Waals surface area contributed by atoms with Gasteiger partial charge in [0.15, 0.2) is 4.21 Å². The zero-order valence-corrected chi connectivity index (χ0v) is 13.4. The van der Waals surface area contributed by atoms with Gasteiger partial charge in [0, 0.05) is 12.1 Å². The first-order valence-corrected chi connectivity index (χ1v) is 9.06. The number of sulfonamides is 1. The molecule has 0 aliphatic heterocycles. The Kier molecular flexibility index (Phi) is 5.54. The van der Waals surface area contributed by atoms with Crippen LogP contribution in [0.1, 0.15) is 32.1 Å². The van der Waals surface area contributed by atoms with E-state index in [-0.39, 0.29) is 28.6 Å². The third-order valence-corrected chi connectivity index (χ3v) is 5.96. The fourth-order valence-corrected chi connectivity index (χ4v) is 4.08. The Morgan fingerprint density at radius 2 is 2.14 bits per heavy atom. The van der Waals surface area contributed by atoms with Gasteiger partial charge in [-0.25, -0.2) is 13.1 Å². The van der Waals surface area contributed by atoms with Crippen molar-refractivity contribution >= 4 is 27.5 Å². The van der Waals surface area contributed by atoms with Gasteiger partial charge in [0.25, 0.3) is 10.0 Å². The van der Waals surface area contributed by atoms with E-state index >= 15 is 0 Å². The summed E-state index contributed by atoms with van der Waals surface area (Å²) in [6.07, 6.45) is 5.34. The van der Waals surface area contributed by atoms with Crippen molar-refractivity contribution in [3.05, 3.63) is 6.07 Å². The lowest BCUT2D eigenvalue weighted by Crippen LogP contribution is -2.42. The van der Waals surface area contributed by atoms with Crippen LogP contribution >= 0.6 is 11.5 Å². The normalized spacial score (nSPS) is 16.6. The summed E-state index contributed by atoms with van der Waals surface area (Å²) in [5.74, 6) is -0.0611. The largest absolute Gasteiger partial charge is 0.480 e. The van der Waals surface area contributed by atoms with E-state index in [0.717, 1.165) is 37.2 Å². The number of hydrogen-bond acceptors (Lipinski definition) is 6. The molecule has 1 saturated carbocycles. The van der Waals surface area contributed by atoms with Gasteiger partial charge in [-0.3, -0.25) is 4.79 Å². The summed E-state index contributed by atoms with van der Waals surface area (Å²) in [7, 11) is -2.31. The summed E-state index contributed by atoms with van der Waals surface area (Å²) in [5.41, 5.74) is 0. The lowest BCUT2D eigenvalue weighted by Gasteiger charge is -2.22. The predicted octanol–water partition coefficient (Wildman–Crippen LogP) is 0.879. The van der Waals surface area contributed by atoms with Crippen LogP contribution in [-0.2, 0) is 14.8 Å². The summed E-state index contributed by atoms with van der Waals surface area (Å²) in [6, 6.07) is 1.49. The van der Waals surface area contributed by atoms with Crippen LogP contribution in [0.15, 0.2) is 10.3 Å². The van der Waals surface area contributed by atoms with Gasteiger partial charge >= 0.3 is 0 Å². The molecule has 1 fully saturated rings. The van der Waals surface area contributed by atoms with Crippen molar-refractivity contribution in [2.75, 3.05) is 13.7 Å². The Bertz CT molecular complexity index is 579. The van der Waals surface area contributed by atoms with Crippen LogP contribution in [0.3, 0.4) is 0 Å². The molecular formula is C12H19N3O4S2. The average molecular weight is 333 g/mol. The van der Waals surface area contributed by atoms with E-state index in [1.165, 1.54) is 19.6 Å². The highest BCUT2D eigenvalue weighted by molar-refractivity contribution is 7.91. The summed E-state index contributed by atoms with van der Waals surface area (Å²) in [4.78, 5) is 11.8. The first kappa shape index (κ1) is 16.2. The Balaban J connectivity index is 1.84. The molecule has 21 heavy (non-hydrogen) atoms. The lowest BCUT2D eigenvalue weighted by atomic mass is 9.95. The molecule has 0 spiro atoms. The van der Waals surface area contributed by atoms with E-state index in [9.17, 15) is 13.2 Å². The summed E-state index contributed by atoms with van der Waals surface area (Å²) in [6.45, 7) is -0.265. The maximum atomic E-state index is 12.0. The van der Waals surface area contributed by atoms with Crippen molar-refractivity contribution in [3.63, 3.8) is 0 Å². The molecule has 0 aromatic carbocycles.